The Morgan fingerprint density at radius 1 is 1.22 bits per heavy atom. The molecule has 0 bridgehead atoms. The second kappa shape index (κ2) is 6.45. The summed E-state index contributed by atoms with van der Waals surface area (Å²) in [6.45, 7) is 4.34. The van der Waals surface area contributed by atoms with Crippen LogP contribution in [0.1, 0.15) is 18.9 Å². The number of hydrogen-bond donors (Lipinski definition) is 1. The molecule has 0 amide bonds. The van der Waals surface area contributed by atoms with Gasteiger partial charge in [0.25, 0.3) is 0 Å². The zero-order valence-corrected chi connectivity index (χ0v) is 11.6. The van der Waals surface area contributed by atoms with Gasteiger partial charge in [0.2, 0.25) is 0 Å². The number of rotatable bonds is 6. The van der Waals surface area contributed by atoms with Gasteiger partial charge in [0.15, 0.2) is 0 Å². The molecule has 2 aromatic rings. The molecule has 2 nitrogen and oxygen atoms in total. The number of benzene rings is 1. The van der Waals surface area contributed by atoms with Crippen molar-refractivity contribution in [2.45, 2.75) is 19.8 Å². The minimum absolute atomic E-state index is 0.837. The highest BCUT2D eigenvalue weighted by Crippen LogP contribution is 2.18. The standard InChI is InChI=1S/C15H20N2S/c1-2-8-17(9-6-13-7-10-18-12-13)15-5-3-4-14(16)11-15/h3-5,7,10-12H,2,6,8-9,16H2,1H3. The number of hydrogen-bond acceptors (Lipinski definition) is 3. The van der Waals surface area contributed by atoms with Crippen molar-refractivity contribution in [1.29, 1.82) is 0 Å². The van der Waals surface area contributed by atoms with E-state index in [4.69, 9.17) is 5.73 Å². The average molecular weight is 260 g/mol. The topological polar surface area (TPSA) is 29.3 Å². The SMILES string of the molecule is CCCN(CCc1ccsc1)c1cccc(N)c1. The summed E-state index contributed by atoms with van der Waals surface area (Å²) >= 11 is 1.76. The highest BCUT2D eigenvalue weighted by atomic mass is 32.1. The highest BCUT2D eigenvalue weighted by Gasteiger charge is 2.06. The van der Waals surface area contributed by atoms with Gasteiger partial charge in [-0.15, -0.1) is 0 Å². The predicted octanol–water partition coefficient (Wildman–Crippen LogP) is 3.79. The van der Waals surface area contributed by atoms with Gasteiger partial charge >= 0.3 is 0 Å². The average Bonchev–Trinajstić information content (AvgIpc) is 2.87. The van der Waals surface area contributed by atoms with Crippen molar-refractivity contribution in [3.8, 4) is 0 Å². The van der Waals surface area contributed by atoms with E-state index in [2.05, 4.69) is 40.8 Å². The van der Waals surface area contributed by atoms with Crippen molar-refractivity contribution in [1.82, 2.24) is 0 Å². The largest absolute Gasteiger partial charge is 0.399 e. The fourth-order valence-corrected chi connectivity index (χ4v) is 2.76. The molecule has 0 aliphatic rings. The van der Waals surface area contributed by atoms with Gasteiger partial charge in [-0.1, -0.05) is 13.0 Å². The van der Waals surface area contributed by atoms with Gasteiger partial charge in [-0.2, -0.15) is 11.3 Å². The van der Waals surface area contributed by atoms with Crippen LogP contribution in [-0.2, 0) is 6.42 Å². The lowest BCUT2D eigenvalue weighted by Crippen LogP contribution is -2.26. The van der Waals surface area contributed by atoms with E-state index in [1.165, 1.54) is 11.3 Å². The van der Waals surface area contributed by atoms with Crippen molar-refractivity contribution in [2.75, 3.05) is 23.7 Å². The van der Waals surface area contributed by atoms with E-state index in [9.17, 15) is 0 Å². The van der Waals surface area contributed by atoms with E-state index in [0.29, 0.717) is 0 Å². The van der Waals surface area contributed by atoms with Crippen LogP contribution >= 0.6 is 11.3 Å². The van der Waals surface area contributed by atoms with Gasteiger partial charge in [-0.05, 0) is 53.4 Å². The molecule has 2 N–H and O–H groups in total. The van der Waals surface area contributed by atoms with E-state index in [-0.39, 0.29) is 0 Å². The predicted molar refractivity (Wildman–Crippen MR) is 81.4 cm³/mol. The number of anilines is 2. The Kier molecular flexibility index (Phi) is 4.65. The summed E-state index contributed by atoms with van der Waals surface area (Å²) in [5, 5.41) is 4.36. The quantitative estimate of drug-likeness (QED) is 0.801. The normalized spacial score (nSPS) is 10.5. The van der Waals surface area contributed by atoms with Crippen LogP contribution in [0.3, 0.4) is 0 Å². The minimum Gasteiger partial charge on any atom is -0.399 e. The first-order chi connectivity index (χ1) is 8.79. The summed E-state index contributed by atoms with van der Waals surface area (Å²) in [5.74, 6) is 0. The second-order valence-corrected chi connectivity index (χ2v) is 5.24. The summed E-state index contributed by atoms with van der Waals surface area (Å²) < 4.78 is 0. The van der Waals surface area contributed by atoms with Gasteiger partial charge in [0.05, 0.1) is 0 Å². The molecule has 96 valence electrons. The Labute approximate surface area is 113 Å². The number of thiophene rings is 1. The molecule has 0 unspecified atom stereocenters. The molecule has 0 fully saturated rings. The molecule has 2 rings (SSSR count). The number of nitrogens with two attached hydrogens (primary N) is 1. The monoisotopic (exact) mass is 260 g/mol. The van der Waals surface area contributed by atoms with E-state index in [0.717, 1.165) is 31.6 Å². The lowest BCUT2D eigenvalue weighted by Gasteiger charge is -2.24. The fraction of sp³-hybridized carbons (Fsp3) is 0.333. The summed E-state index contributed by atoms with van der Waals surface area (Å²) in [7, 11) is 0. The molecule has 0 aliphatic carbocycles. The molecular formula is C15H20N2S. The Morgan fingerprint density at radius 3 is 2.78 bits per heavy atom. The first-order valence-electron chi connectivity index (χ1n) is 6.41. The summed E-state index contributed by atoms with van der Waals surface area (Å²) in [6, 6.07) is 10.4. The summed E-state index contributed by atoms with van der Waals surface area (Å²) in [6.07, 6.45) is 2.25. The highest BCUT2D eigenvalue weighted by molar-refractivity contribution is 7.07. The van der Waals surface area contributed by atoms with E-state index >= 15 is 0 Å². The third-order valence-electron chi connectivity index (χ3n) is 2.98. The lowest BCUT2D eigenvalue weighted by atomic mass is 10.2. The Morgan fingerprint density at radius 2 is 2.11 bits per heavy atom. The first kappa shape index (κ1) is 13.0. The lowest BCUT2D eigenvalue weighted by molar-refractivity contribution is 0.757. The first-order valence-corrected chi connectivity index (χ1v) is 7.35. The molecule has 0 spiro atoms. The molecule has 0 radical (unpaired) electrons. The van der Waals surface area contributed by atoms with Crippen LogP contribution in [0.5, 0.6) is 0 Å². The molecular weight excluding hydrogens is 240 g/mol. The van der Waals surface area contributed by atoms with Crippen molar-refractivity contribution in [3.05, 3.63) is 46.7 Å². The summed E-state index contributed by atoms with van der Waals surface area (Å²) in [5.41, 5.74) is 9.35. The van der Waals surface area contributed by atoms with Gasteiger partial charge in [0, 0.05) is 24.5 Å². The zero-order chi connectivity index (χ0) is 12.8. The second-order valence-electron chi connectivity index (χ2n) is 4.46. The van der Waals surface area contributed by atoms with Crippen molar-refractivity contribution < 1.29 is 0 Å². The maximum atomic E-state index is 5.86. The molecule has 18 heavy (non-hydrogen) atoms. The van der Waals surface area contributed by atoms with Gasteiger partial charge in [-0.3, -0.25) is 0 Å². The molecule has 0 saturated carbocycles. The van der Waals surface area contributed by atoms with E-state index in [1.54, 1.807) is 11.3 Å². The Balaban J connectivity index is 2.03. The molecule has 0 aliphatic heterocycles. The van der Waals surface area contributed by atoms with Crippen molar-refractivity contribution >= 4 is 22.7 Å². The van der Waals surface area contributed by atoms with E-state index < -0.39 is 0 Å². The third kappa shape index (κ3) is 3.50. The minimum atomic E-state index is 0.837. The van der Waals surface area contributed by atoms with Crippen LogP contribution in [0, 0.1) is 0 Å². The van der Waals surface area contributed by atoms with Crippen molar-refractivity contribution in [2.24, 2.45) is 0 Å². The van der Waals surface area contributed by atoms with Crippen LogP contribution in [0.25, 0.3) is 0 Å². The van der Waals surface area contributed by atoms with Crippen LogP contribution < -0.4 is 10.6 Å². The molecule has 0 atom stereocenters. The van der Waals surface area contributed by atoms with E-state index in [1.807, 2.05) is 12.1 Å². The molecule has 0 saturated heterocycles. The fourth-order valence-electron chi connectivity index (χ4n) is 2.06. The number of nitrogen functional groups attached to an aromatic ring is 1. The number of nitrogens with zero attached hydrogens (tertiary/aromatic N) is 1. The molecule has 3 heteroatoms. The maximum absolute atomic E-state index is 5.86. The van der Waals surface area contributed by atoms with Crippen LogP contribution in [0.4, 0.5) is 11.4 Å². The third-order valence-corrected chi connectivity index (χ3v) is 3.71. The zero-order valence-electron chi connectivity index (χ0n) is 10.8. The van der Waals surface area contributed by atoms with Crippen LogP contribution in [-0.4, -0.2) is 13.1 Å². The summed E-state index contributed by atoms with van der Waals surface area (Å²) in [4.78, 5) is 2.41. The maximum Gasteiger partial charge on any atom is 0.0386 e. The molecule has 1 aromatic carbocycles. The Hall–Kier alpha value is -1.48. The van der Waals surface area contributed by atoms with Crippen molar-refractivity contribution in [3.63, 3.8) is 0 Å². The van der Waals surface area contributed by atoms with Gasteiger partial charge in [0.1, 0.15) is 0 Å². The van der Waals surface area contributed by atoms with Gasteiger partial charge < -0.3 is 10.6 Å². The smallest absolute Gasteiger partial charge is 0.0386 e. The molecule has 1 heterocycles. The molecule has 1 aromatic heterocycles. The van der Waals surface area contributed by atoms with Crippen LogP contribution in [0.15, 0.2) is 41.1 Å². The Bertz CT molecular complexity index is 465. The van der Waals surface area contributed by atoms with Crippen LogP contribution in [0.2, 0.25) is 0 Å². The van der Waals surface area contributed by atoms with Gasteiger partial charge in [-0.25, -0.2) is 0 Å².